The lowest BCUT2D eigenvalue weighted by molar-refractivity contribution is -0.00786. The van der Waals surface area contributed by atoms with Gasteiger partial charge < -0.3 is 21.9 Å². The van der Waals surface area contributed by atoms with Crippen LogP contribution in [0.25, 0.3) is 0 Å². The van der Waals surface area contributed by atoms with Crippen LogP contribution in [0.3, 0.4) is 0 Å². The molecular weight excluding hydrogens is 266 g/mol. The van der Waals surface area contributed by atoms with Crippen molar-refractivity contribution in [1.29, 1.82) is 0 Å². The molecule has 1 aliphatic carbocycles. The first kappa shape index (κ1) is 15.6. The Balaban J connectivity index is 1.92. The first-order valence-electron chi connectivity index (χ1n) is 7.59. The maximum Gasteiger partial charge on any atom is 0.253 e. The molecule has 0 radical (unpaired) electrons. The van der Waals surface area contributed by atoms with Crippen molar-refractivity contribution >= 4 is 17.3 Å². The lowest BCUT2D eigenvalue weighted by atomic mass is 9.78. The van der Waals surface area contributed by atoms with Crippen molar-refractivity contribution in [2.24, 2.45) is 5.92 Å². The number of nitrogen functional groups attached to an aromatic ring is 2. The molecule has 0 heterocycles. The Kier molecular flexibility index (Phi) is 4.73. The van der Waals surface area contributed by atoms with Gasteiger partial charge in [-0.3, -0.25) is 4.79 Å². The molecule has 0 spiro atoms. The van der Waals surface area contributed by atoms with E-state index in [4.69, 9.17) is 11.5 Å². The summed E-state index contributed by atoms with van der Waals surface area (Å²) >= 11 is 0. The number of carbonyl (C=O) groups excluding carboxylic acids is 1. The van der Waals surface area contributed by atoms with Crippen molar-refractivity contribution in [3.63, 3.8) is 0 Å². The number of hydrogen-bond acceptors (Lipinski definition) is 4. The van der Waals surface area contributed by atoms with Crippen LogP contribution in [0.5, 0.6) is 0 Å². The second kappa shape index (κ2) is 6.35. The summed E-state index contributed by atoms with van der Waals surface area (Å²) in [6.45, 7) is 2.45. The first-order chi connectivity index (χ1) is 9.93. The Morgan fingerprint density at radius 1 is 1.38 bits per heavy atom. The van der Waals surface area contributed by atoms with E-state index in [0.29, 0.717) is 22.9 Å². The van der Waals surface area contributed by atoms with Crippen LogP contribution in [0.1, 0.15) is 49.4 Å². The van der Waals surface area contributed by atoms with Gasteiger partial charge in [0.05, 0.1) is 11.2 Å². The van der Waals surface area contributed by atoms with Crippen molar-refractivity contribution in [1.82, 2.24) is 5.32 Å². The SMILES string of the molecule is CCC1CCC(O)(CNC(=O)c2ccc(N)cc2N)CC1. The number of amides is 1. The molecule has 1 aromatic carbocycles. The minimum Gasteiger partial charge on any atom is -0.399 e. The van der Waals surface area contributed by atoms with E-state index in [0.717, 1.165) is 32.1 Å². The zero-order valence-corrected chi connectivity index (χ0v) is 12.6. The summed E-state index contributed by atoms with van der Waals surface area (Å²) < 4.78 is 0. The molecule has 21 heavy (non-hydrogen) atoms. The average Bonchev–Trinajstić information content (AvgIpc) is 2.46. The molecule has 0 saturated heterocycles. The van der Waals surface area contributed by atoms with Gasteiger partial charge in [-0.25, -0.2) is 0 Å². The van der Waals surface area contributed by atoms with Crippen LogP contribution in [0.4, 0.5) is 11.4 Å². The number of hydrogen-bond donors (Lipinski definition) is 4. The molecule has 2 rings (SSSR count). The van der Waals surface area contributed by atoms with Gasteiger partial charge in [-0.05, 0) is 49.8 Å². The van der Waals surface area contributed by atoms with Gasteiger partial charge >= 0.3 is 0 Å². The molecule has 1 amide bonds. The molecule has 0 bridgehead atoms. The third kappa shape index (κ3) is 3.88. The fourth-order valence-corrected chi connectivity index (χ4v) is 2.93. The molecule has 1 aliphatic rings. The highest BCUT2D eigenvalue weighted by molar-refractivity contribution is 5.99. The van der Waals surface area contributed by atoms with Crippen LogP contribution in [0.2, 0.25) is 0 Å². The molecule has 1 saturated carbocycles. The zero-order chi connectivity index (χ0) is 15.5. The lowest BCUT2D eigenvalue weighted by Crippen LogP contribution is -2.45. The van der Waals surface area contributed by atoms with E-state index in [2.05, 4.69) is 12.2 Å². The van der Waals surface area contributed by atoms with Crippen molar-refractivity contribution in [2.45, 2.75) is 44.6 Å². The van der Waals surface area contributed by atoms with Crippen LogP contribution in [-0.2, 0) is 0 Å². The molecule has 0 aromatic heterocycles. The van der Waals surface area contributed by atoms with Gasteiger partial charge in [-0.2, -0.15) is 0 Å². The lowest BCUT2D eigenvalue weighted by Gasteiger charge is -2.35. The second-order valence-corrected chi connectivity index (χ2v) is 6.11. The quantitative estimate of drug-likeness (QED) is 0.636. The topological polar surface area (TPSA) is 101 Å². The summed E-state index contributed by atoms with van der Waals surface area (Å²) in [6.07, 6.45) is 4.68. The molecule has 1 aromatic rings. The molecule has 0 aliphatic heterocycles. The number of nitrogens with one attached hydrogen (secondary N) is 1. The van der Waals surface area contributed by atoms with Gasteiger partial charge in [0.2, 0.25) is 0 Å². The van der Waals surface area contributed by atoms with Crippen molar-refractivity contribution in [2.75, 3.05) is 18.0 Å². The van der Waals surface area contributed by atoms with E-state index in [9.17, 15) is 9.90 Å². The molecule has 5 nitrogen and oxygen atoms in total. The molecule has 0 atom stereocenters. The smallest absolute Gasteiger partial charge is 0.253 e. The minimum absolute atomic E-state index is 0.265. The highest BCUT2D eigenvalue weighted by Gasteiger charge is 2.33. The average molecular weight is 291 g/mol. The summed E-state index contributed by atoms with van der Waals surface area (Å²) in [7, 11) is 0. The second-order valence-electron chi connectivity index (χ2n) is 6.11. The molecule has 5 heteroatoms. The zero-order valence-electron chi connectivity index (χ0n) is 12.6. The number of aliphatic hydroxyl groups is 1. The Morgan fingerprint density at radius 2 is 2.05 bits per heavy atom. The Morgan fingerprint density at radius 3 is 2.62 bits per heavy atom. The van der Waals surface area contributed by atoms with Gasteiger partial charge in [0.15, 0.2) is 0 Å². The molecular formula is C16H25N3O2. The van der Waals surface area contributed by atoms with E-state index in [1.807, 2.05) is 0 Å². The van der Waals surface area contributed by atoms with Gasteiger partial charge in [-0.15, -0.1) is 0 Å². The van der Waals surface area contributed by atoms with E-state index < -0.39 is 5.60 Å². The van der Waals surface area contributed by atoms with Crippen LogP contribution >= 0.6 is 0 Å². The number of nitrogens with two attached hydrogens (primary N) is 2. The molecule has 1 fully saturated rings. The highest BCUT2D eigenvalue weighted by atomic mass is 16.3. The van der Waals surface area contributed by atoms with Gasteiger partial charge in [0.1, 0.15) is 0 Å². The Bertz CT molecular complexity index is 508. The van der Waals surface area contributed by atoms with Crippen LogP contribution in [0.15, 0.2) is 18.2 Å². The Hall–Kier alpha value is -1.75. The number of anilines is 2. The van der Waals surface area contributed by atoms with Crippen molar-refractivity contribution in [3.05, 3.63) is 23.8 Å². The van der Waals surface area contributed by atoms with E-state index >= 15 is 0 Å². The summed E-state index contributed by atoms with van der Waals surface area (Å²) in [5.74, 6) is 0.437. The maximum absolute atomic E-state index is 12.1. The van der Waals surface area contributed by atoms with E-state index in [1.165, 1.54) is 0 Å². The minimum atomic E-state index is -0.788. The summed E-state index contributed by atoms with van der Waals surface area (Å²) in [6, 6.07) is 4.82. The van der Waals surface area contributed by atoms with Crippen molar-refractivity contribution in [3.8, 4) is 0 Å². The number of rotatable bonds is 4. The monoisotopic (exact) mass is 291 g/mol. The predicted molar refractivity (Wildman–Crippen MR) is 84.8 cm³/mol. The summed E-state index contributed by atoms with van der Waals surface area (Å²) in [4.78, 5) is 12.1. The largest absolute Gasteiger partial charge is 0.399 e. The van der Waals surface area contributed by atoms with Crippen molar-refractivity contribution < 1.29 is 9.90 Å². The molecule has 116 valence electrons. The van der Waals surface area contributed by atoms with Crippen LogP contribution in [-0.4, -0.2) is 23.2 Å². The summed E-state index contributed by atoms with van der Waals surface area (Å²) in [5, 5.41) is 13.3. The standard InChI is InChI=1S/C16H25N3O2/c1-2-11-5-7-16(21,8-6-11)10-19-15(20)13-4-3-12(17)9-14(13)18/h3-4,9,11,21H,2,5-8,10,17-18H2,1H3,(H,19,20). The third-order valence-electron chi connectivity index (χ3n) is 4.51. The number of carbonyl (C=O) groups is 1. The molecule has 0 unspecified atom stereocenters. The van der Waals surface area contributed by atoms with Gasteiger partial charge in [0.25, 0.3) is 5.91 Å². The maximum atomic E-state index is 12.1. The van der Waals surface area contributed by atoms with Gasteiger partial charge in [-0.1, -0.05) is 13.3 Å². The fourth-order valence-electron chi connectivity index (χ4n) is 2.93. The molecule has 6 N–H and O–H groups in total. The van der Waals surface area contributed by atoms with E-state index in [1.54, 1.807) is 18.2 Å². The highest BCUT2D eigenvalue weighted by Crippen LogP contribution is 2.33. The van der Waals surface area contributed by atoms with E-state index in [-0.39, 0.29) is 12.5 Å². The predicted octanol–water partition coefficient (Wildman–Crippen LogP) is 1.91. The normalized spacial score (nSPS) is 25.5. The summed E-state index contributed by atoms with van der Waals surface area (Å²) in [5.41, 5.74) is 11.9. The number of benzene rings is 1. The third-order valence-corrected chi connectivity index (χ3v) is 4.51. The first-order valence-corrected chi connectivity index (χ1v) is 7.59. The Labute approximate surface area is 125 Å². The van der Waals surface area contributed by atoms with Crippen LogP contribution < -0.4 is 16.8 Å². The van der Waals surface area contributed by atoms with Crippen LogP contribution in [0, 0.1) is 5.92 Å². The fraction of sp³-hybridized carbons (Fsp3) is 0.562. The van der Waals surface area contributed by atoms with Gasteiger partial charge in [0, 0.05) is 17.9 Å².